The molecule has 0 fully saturated rings. The first kappa shape index (κ1) is 12.3. The standard InChI is InChI=1S/C8H10ClF3N2O/c1-2-3-14-7(9)5(4-15)6(13-14)8(10,11)12/h15H,2-4H2,1H3. The second-order valence-corrected chi connectivity index (χ2v) is 3.35. The Bertz CT molecular complexity index is 348. The lowest BCUT2D eigenvalue weighted by atomic mass is 10.2. The van der Waals surface area contributed by atoms with Crippen LogP contribution in [0.2, 0.25) is 5.15 Å². The van der Waals surface area contributed by atoms with E-state index in [2.05, 4.69) is 5.10 Å². The van der Waals surface area contributed by atoms with Crippen LogP contribution in [-0.4, -0.2) is 14.9 Å². The number of rotatable bonds is 3. The molecule has 0 bridgehead atoms. The maximum atomic E-state index is 12.4. The van der Waals surface area contributed by atoms with Crippen molar-refractivity contribution in [1.82, 2.24) is 9.78 Å². The Morgan fingerprint density at radius 2 is 2.07 bits per heavy atom. The highest BCUT2D eigenvalue weighted by Gasteiger charge is 2.38. The summed E-state index contributed by atoms with van der Waals surface area (Å²) in [6.45, 7) is 1.32. The Labute approximate surface area is 89.5 Å². The van der Waals surface area contributed by atoms with E-state index in [-0.39, 0.29) is 10.7 Å². The van der Waals surface area contributed by atoms with E-state index in [1.165, 1.54) is 0 Å². The number of nitrogens with zero attached hydrogens (tertiary/aromatic N) is 2. The Balaban J connectivity index is 3.22. The summed E-state index contributed by atoms with van der Waals surface area (Å²) in [7, 11) is 0. The molecule has 0 saturated carbocycles. The molecule has 0 amide bonds. The van der Waals surface area contributed by atoms with Crippen molar-refractivity contribution in [3.63, 3.8) is 0 Å². The minimum Gasteiger partial charge on any atom is -0.391 e. The highest BCUT2D eigenvalue weighted by molar-refractivity contribution is 6.30. The number of aliphatic hydroxyl groups excluding tert-OH is 1. The topological polar surface area (TPSA) is 38.0 Å². The molecule has 3 nitrogen and oxygen atoms in total. The number of hydrogen-bond donors (Lipinski definition) is 1. The number of aromatic nitrogens is 2. The van der Waals surface area contributed by atoms with Gasteiger partial charge in [0.25, 0.3) is 0 Å². The van der Waals surface area contributed by atoms with E-state index >= 15 is 0 Å². The van der Waals surface area contributed by atoms with Crippen LogP contribution < -0.4 is 0 Å². The van der Waals surface area contributed by atoms with Gasteiger partial charge in [-0.2, -0.15) is 18.3 Å². The van der Waals surface area contributed by atoms with Crippen molar-refractivity contribution < 1.29 is 18.3 Å². The smallest absolute Gasteiger partial charge is 0.391 e. The van der Waals surface area contributed by atoms with Crippen molar-refractivity contribution >= 4 is 11.6 Å². The van der Waals surface area contributed by atoms with Crippen LogP contribution in [0, 0.1) is 0 Å². The number of halogens is 4. The summed E-state index contributed by atoms with van der Waals surface area (Å²) in [5.41, 5.74) is -1.47. The molecular formula is C8H10ClF3N2O. The van der Waals surface area contributed by atoms with Crippen LogP contribution in [-0.2, 0) is 19.3 Å². The predicted octanol–water partition coefficient (Wildman–Crippen LogP) is 2.46. The fraction of sp³-hybridized carbons (Fsp3) is 0.625. The first-order valence-corrected chi connectivity index (χ1v) is 4.72. The predicted molar refractivity (Wildman–Crippen MR) is 48.5 cm³/mol. The molecule has 0 aliphatic carbocycles. The van der Waals surface area contributed by atoms with Crippen LogP contribution in [0.4, 0.5) is 13.2 Å². The van der Waals surface area contributed by atoms with E-state index < -0.39 is 18.5 Å². The van der Waals surface area contributed by atoms with E-state index in [1.54, 1.807) is 6.92 Å². The number of aliphatic hydroxyl groups is 1. The minimum atomic E-state index is -4.58. The van der Waals surface area contributed by atoms with Gasteiger partial charge in [0.2, 0.25) is 0 Å². The Morgan fingerprint density at radius 1 is 1.47 bits per heavy atom. The van der Waals surface area contributed by atoms with Crippen LogP contribution in [0.5, 0.6) is 0 Å². The first-order valence-electron chi connectivity index (χ1n) is 4.35. The molecule has 0 aromatic carbocycles. The second-order valence-electron chi connectivity index (χ2n) is 3.00. The Morgan fingerprint density at radius 3 is 2.40 bits per heavy atom. The summed E-state index contributed by atoms with van der Waals surface area (Å²) in [6.07, 6.45) is -3.97. The van der Waals surface area contributed by atoms with E-state index in [0.717, 1.165) is 4.68 Å². The van der Waals surface area contributed by atoms with Gasteiger partial charge >= 0.3 is 6.18 Å². The van der Waals surface area contributed by atoms with E-state index in [1.807, 2.05) is 0 Å². The van der Waals surface area contributed by atoms with Gasteiger partial charge in [0.15, 0.2) is 5.69 Å². The molecule has 86 valence electrons. The highest BCUT2D eigenvalue weighted by atomic mass is 35.5. The summed E-state index contributed by atoms with van der Waals surface area (Å²) < 4.78 is 38.3. The molecule has 1 aromatic rings. The van der Waals surface area contributed by atoms with Crippen LogP contribution in [0.1, 0.15) is 24.6 Å². The van der Waals surface area contributed by atoms with Crippen LogP contribution in [0.3, 0.4) is 0 Å². The Hall–Kier alpha value is -0.750. The summed E-state index contributed by atoms with van der Waals surface area (Å²) >= 11 is 5.65. The number of alkyl halides is 3. The largest absolute Gasteiger partial charge is 0.435 e. The zero-order chi connectivity index (χ0) is 11.6. The molecule has 0 saturated heterocycles. The third-order valence-electron chi connectivity index (χ3n) is 1.84. The molecule has 15 heavy (non-hydrogen) atoms. The summed E-state index contributed by atoms with van der Waals surface area (Å²) in [6, 6.07) is 0. The summed E-state index contributed by atoms with van der Waals surface area (Å²) in [4.78, 5) is 0. The van der Waals surface area contributed by atoms with E-state index in [4.69, 9.17) is 16.7 Å². The van der Waals surface area contributed by atoms with Gasteiger partial charge in [0.1, 0.15) is 5.15 Å². The summed E-state index contributed by atoms with van der Waals surface area (Å²) in [5.74, 6) is 0. The van der Waals surface area contributed by atoms with Crippen molar-refractivity contribution in [2.24, 2.45) is 0 Å². The molecule has 0 radical (unpaired) electrons. The van der Waals surface area contributed by atoms with Gasteiger partial charge in [-0.3, -0.25) is 4.68 Å². The quantitative estimate of drug-likeness (QED) is 0.884. The molecule has 1 N–H and O–H groups in total. The fourth-order valence-electron chi connectivity index (χ4n) is 1.21. The Kier molecular flexibility index (Phi) is 3.62. The van der Waals surface area contributed by atoms with Crippen LogP contribution in [0.25, 0.3) is 0 Å². The lowest BCUT2D eigenvalue weighted by molar-refractivity contribution is -0.142. The van der Waals surface area contributed by atoms with Crippen molar-refractivity contribution in [3.8, 4) is 0 Å². The average Bonchev–Trinajstić information content (AvgIpc) is 2.44. The third kappa shape index (κ3) is 2.43. The lowest BCUT2D eigenvalue weighted by Crippen LogP contribution is -2.10. The molecule has 0 aliphatic heterocycles. The molecule has 0 aliphatic rings. The fourth-order valence-corrected chi connectivity index (χ4v) is 1.48. The molecule has 0 atom stereocenters. The number of hydrogen-bond acceptors (Lipinski definition) is 2. The van der Waals surface area contributed by atoms with Gasteiger partial charge in [-0.15, -0.1) is 0 Å². The second kappa shape index (κ2) is 4.40. The van der Waals surface area contributed by atoms with Crippen molar-refractivity contribution in [2.45, 2.75) is 32.7 Å². The number of aryl methyl sites for hydroxylation is 1. The average molecular weight is 243 g/mol. The van der Waals surface area contributed by atoms with Crippen molar-refractivity contribution in [1.29, 1.82) is 0 Å². The van der Waals surface area contributed by atoms with Gasteiger partial charge < -0.3 is 5.11 Å². The van der Waals surface area contributed by atoms with Gasteiger partial charge in [0, 0.05) is 12.1 Å². The first-order chi connectivity index (χ1) is 6.91. The van der Waals surface area contributed by atoms with Gasteiger partial charge in [-0.25, -0.2) is 0 Å². The molecule has 7 heteroatoms. The molecule has 1 aromatic heterocycles. The van der Waals surface area contributed by atoms with E-state index in [9.17, 15) is 13.2 Å². The normalized spacial score (nSPS) is 12.1. The third-order valence-corrected chi connectivity index (χ3v) is 2.27. The van der Waals surface area contributed by atoms with Gasteiger partial charge in [-0.05, 0) is 6.42 Å². The van der Waals surface area contributed by atoms with Crippen molar-refractivity contribution in [3.05, 3.63) is 16.4 Å². The van der Waals surface area contributed by atoms with Crippen LogP contribution >= 0.6 is 11.6 Å². The van der Waals surface area contributed by atoms with Gasteiger partial charge in [0.05, 0.1) is 6.61 Å². The maximum Gasteiger partial charge on any atom is 0.435 e. The zero-order valence-corrected chi connectivity index (χ0v) is 8.73. The summed E-state index contributed by atoms with van der Waals surface area (Å²) in [5, 5.41) is 12.0. The molecule has 0 unspecified atom stereocenters. The lowest BCUT2D eigenvalue weighted by Gasteiger charge is -2.03. The van der Waals surface area contributed by atoms with Crippen molar-refractivity contribution in [2.75, 3.05) is 0 Å². The molecule has 1 rings (SSSR count). The van der Waals surface area contributed by atoms with Gasteiger partial charge in [-0.1, -0.05) is 18.5 Å². The van der Waals surface area contributed by atoms with E-state index in [0.29, 0.717) is 13.0 Å². The SMILES string of the molecule is CCCn1nc(C(F)(F)F)c(CO)c1Cl. The zero-order valence-electron chi connectivity index (χ0n) is 7.97. The monoisotopic (exact) mass is 242 g/mol. The molecule has 0 spiro atoms. The minimum absolute atomic E-state index is 0.147. The molecular weight excluding hydrogens is 233 g/mol. The highest BCUT2D eigenvalue weighted by Crippen LogP contribution is 2.34. The van der Waals surface area contributed by atoms with Crippen LogP contribution in [0.15, 0.2) is 0 Å². The molecule has 1 heterocycles. The maximum absolute atomic E-state index is 12.4.